The SMILES string of the molecule is Cc1ccc(C(=O)c2cc(C(C)(C)C)ccc2OCC2CO2)cc1. The Labute approximate surface area is 143 Å². The number of epoxide rings is 1. The zero-order valence-electron chi connectivity index (χ0n) is 14.8. The molecule has 1 atom stereocenters. The van der Waals surface area contributed by atoms with Crippen molar-refractivity contribution in [1.29, 1.82) is 0 Å². The zero-order chi connectivity index (χ0) is 17.3. The van der Waals surface area contributed by atoms with Gasteiger partial charge in [0.05, 0.1) is 12.2 Å². The third-order valence-electron chi connectivity index (χ3n) is 4.23. The lowest BCUT2D eigenvalue weighted by molar-refractivity contribution is 0.103. The van der Waals surface area contributed by atoms with Crippen LogP contribution in [0.4, 0.5) is 0 Å². The summed E-state index contributed by atoms with van der Waals surface area (Å²) in [7, 11) is 0. The summed E-state index contributed by atoms with van der Waals surface area (Å²) in [5.74, 6) is 0.622. The van der Waals surface area contributed by atoms with E-state index in [0.29, 0.717) is 23.5 Å². The molecule has 0 bridgehead atoms. The molecule has 3 rings (SSSR count). The van der Waals surface area contributed by atoms with Crippen molar-refractivity contribution in [2.24, 2.45) is 0 Å². The molecule has 1 saturated heterocycles. The van der Waals surface area contributed by atoms with Crippen LogP contribution >= 0.6 is 0 Å². The largest absolute Gasteiger partial charge is 0.490 e. The Balaban J connectivity index is 1.96. The average molecular weight is 324 g/mol. The molecule has 126 valence electrons. The van der Waals surface area contributed by atoms with Crippen molar-refractivity contribution in [2.45, 2.75) is 39.2 Å². The van der Waals surface area contributed by atoms with E-state index in [9.17, 15) is 4.79 Å². The summed E-state index contributed by atoms with van der Waals surface area (Å²) in [5, 5.41) is 0. The van der Waals surface area contributed by atoms with Gasteiger partial charge in [0, 0.05) is 5.56 Å². The Kier molecular flexibility index (Phi) is 4.46. The van der Waals surface area contributed by atoms with Crippen LogP contribution in [0, 0.1) is 6.92 Å². The number of hydrogen-bond donors (Lipinski definition) is 0. The topological polar surface area (TPSA) is 38.8 Å². The molecule has 3 heteroatoms. The van der Waals surface area contributed by atoms with Gasteiger partial charge in [-0.15, -0.1) is 0 Å². The first-order valence-electron chi connectivity index (χ1n) is 8.35. The Bertz CT molecular complexity index is 735. The molecule has 2 aromatic carbocycles. The number of carbonyl (C=O) groups excluding carboxylic acids is 1. The fourth-order valence-electron chi connectivity index (χ4n) is 2.51. The van der Waals surface area contributed by atoms with Gasteiger partial charge in [-0.1, -0.05) is 56.7 Å². The highest BCUT2D eigenvalue weighted by molar-refractivity contribution is 6.10. The lowest BCUT2D eigenvalue weighted by Crippen LogP contribution is -2.15. The molecule has 0 N–H and O–H groups in total. The first-order chi connectivity index (χ1) is 11.3. The van der Waals surface area contributed by atoms with Gasteiger partial charge in [0.2, 0.25) is 0 Å². The van der Waals surface area contributed by atoms with E-state index >= 15 is 0 Å². The predicted molar refractivity (Wildman–Crippen MR) is 95.0 cm³/mol. The van der Waals surface area contributed by atoms with Crippen molar-refractivity contribution in [3.8, 4) is 5.75 Å². The van der Waals surface area contributed by atoms with E-state index < -0.39 is 0 Å². The minimum Gasteiger partial charge on any atom is -0.490 e. The van der Waals surface area contributed by atoms with Crippen LogP contribution in [0.1, 0.15) is 47.8 Å². The van der Waals surface area contributed by atoms with Crippen LogP contribution in [0.15, 0.2) is 42.5 Å². The summed E-state index contributed by atoms with van der Waals surface area (Å²) in [4.78, 5) is 13.0. The predicted octanol–water partition coefficient (Wildman–Crippen LogP) is 4.30. The second kappa shape index (κ2) is 6.40. The number of aryl methyl sites for hydroxylation is 1. The molecular formula is C21H24O3. The van der Waals surface area contributed by atoms with Crippen LogP contribution < -0.4 is 4.74 Å². The minimum absolute atomic E-state index is 0.00665. The van der Waals surface area contributed by atoms with Gasteiger partial charge in [0.1, 0.15) is 18.5 Å². The number of carbonyl (C=O) groups is 1. The van der Waals surface area contributed by atoms with Crippen molar-refractivity contribution in [3.63, 3.8) is 0 Å². The summed E-state index contributed by atoms with van der Waals surface area (Å²) in [6, 6.07) is 13.6. The molecule has 0 aromatic heterocycles. The lowest BCUT2D eigenvalue weighted by atomic mass is 9.85. The highest BCUT2D eigenvalue weighted by Gasteiger charge is 2.25. The molecule has 24 heavy (non-hydrogen) atoms. The fraction of sp³-hybridized carbons (Fsp3) is 0.381. The van der Waals surface area contributed by atoms with E-state index in [1.54, 1.807) is 0 Å². The van der Waals surface area contributed by atoms with E-state index in [4.69, 9.17) is 9.47 Å². The normalized spacial score (nSPS) is 16.8. The molecule has 0 radical (unpaired) electrons. The molecule has 0 saturated carbocycles. The molecule has 2 aromatic rings. The van der Waals surface area contributed by atoms with E-state index in [2.05, 4.69) is 20.8 Å². The number of rotatable bonds is 5. The van der Waals surface area contributed by atoms with Gasteiger partial charge in [-0.25, -0.2) is 0 Å². The molecule has 3 nitrogen and oxygen atoms in total. The van der Waals surface area contributed by atoms with Gasteiger partial charge in [0.15, 0.2) is 5.78 Å². The highest BCUT2D eigenvalue weighted by atomic mass is 16.6. The van der Waals surface area contributed by atoms with Crippen LogP contribution in [-0.4, -0.2) is 25.1 Å². The average Bonchev–Trinajstić information content (AvgIpc) is 3.36. The van der Waals surface area contributed by atoms with Crippen LogP contribution in [-0.2, 0) is 10.2 Å². The molecule has 1 fully saturated rings. The smallest absolute Gasteiger partial charge is 0.196 e. The first kappa shape index (κ1) is 16.7. The summed E-state index contributed by atoms with van der Waals surface area (Å²) in [6.07, 6.45) is 0.162. The van der Waals surface area contributed by atoms with E-state index in [-0.39, 0.29) is 17.3 Å². The molecule has 1 unspecified atom stereocenters. The van der Waals surface area contributed by atoms with Gasteiger partial charge in [0.25, 0.3) is 0 Å². The van der Waals surface area contributed by atoms with Crippen molar-refractivity contribution in [2.75, 3.05) is 13.2 Å². The monoisotopic (exact) mass is 324 g/mol. The second-order valence-electron chi connectivity index (χ2n) is 7.42. The summed E-state index contributed by atoms with van der Waals surface area (Å²) in [5.41, 5.74) is 3.52. The van der Waals surface area contributed by atoms with Crippen molar-refractivity contribution in [1.82, 2.24) is 0 Å². The van der Waals surface area contributed by atoms with Crippen LogP contribution in [0.3, 0.4) is 0 Å². The van der Waals surface area contributed by atoms with Gasteiger partial charge in [-0.3, -0.25) is 4.79 Å². The van der Waals surface area contributed by atoms with Crippen LogP contribution in [0.25, 0.3) is 0 Å². The first-order valence-corrected chi connectivity index (χ1v) is 8.35. The summed E-state index contributed by atoms with van der Waals surface area (Å²) < 4.78 is 11.0. The molecule has 1 heterocycles. The molecular weight excluding hydrogens is 300 g/mol. The van der Waals surface area contributed by atoms with E-state index in [1.807, 2.05) is 49.4 Å². The summed E-state index contributed by atoms with van der Waals surface area (Å²) >= 11 is 0. The minimum atomic E-state index is -0.0273. The maximum Gasteiger partial charge on any atom is 0.196 e. The van der Waals surface area contributed by atoms with Crippen molar-refractivity contribution < 1.29 is 14.3 Å². The van der Waals surface area contributed by atoms with E-state index in [1.165, 1.54) is 0 Å². The molecule has 0 spiro atoms. The van der Waals surface area contributed by atoms with Gasteiger partial charge in [-0.2, -0.15) is 0 Å². The van der Waals surface area contributed by atoms with Gasteiger partial charge >= 0.3 is 0 Å². The third-order valence-corrected chi connectivity index (χ3v) is 4.23. The Morgan fingerprint density at radius 2 is 1.83 bits per heavy atom. The molecule has 1 aliphatic rings. The Morgan fingerprint density at radius 1 is 1.17 bits per heavy atom. The summed E-state index contributed by atoms with van der Waals surface area (Å²) in [6.45, 7) is 9.66. The van der Waals surface area contributed by atoms with Crippen molar-refractivity contribution in [3.05, 3.63) is 64.7 Å². The zero-order valence-corrected chi connectivity index (χ0v) is 14.8. The van der Waals surface area contributed by atoms with Gasteiger partial charge < -0.3 is 9.47 Å². The van der Waals surface area contributed by atoms with Gasteiger partial charge in [-0.05, 0) is 30.0 Å². The third kappa shape index (κ3) is 3.85. The quantitative estimate of drug-likeness (QED) is 0.608. The number of ketones is 1. The number of benzene rings is 2. The standard InChI is InChI=1S/C21H24O3/c1-14-5-7-15(8-6-14)20(22)18-11-16(21(2,3)4)9-10-19(18)24-13-17-12-23-17/h5-11,17H,12-13H2,1-4H3. The molecule has 0 amide bonds. The number of ether oxygens (including phenoxy) is 2. The van der Waals surface area contributed by atoms with Crippen LogP contribution in [0.2, 0.25) is 0 Å². The van der Waals surface area contributed by atoms with Crippen molar-refractivity contribution >= 4 is 5.78 Å². The number of hydrogen-bond acceptors (Lipinski definition) is 3. The Hall–Kier alpha value is -2.13. The fourth-order valence-corrected chi connectivity index (χ4v) is 2.51. The molecule has 1 aliphatic heterocycles. The highest BCUT2D eigenvalue weighted by Crippen LogP contribution is 2.30. The maximum absolute atomic E-state index is 13.0. The second-order valence-corrected chi connectivity index (χ2v) is 7.42. The van der Waals surface area contributed by atoms with E-state index in [0.717, 1.165) is 17.7 Å². The lowest BCUT2D eigenvalue weighted by Gasteiger charge is -2.21. The molecule has 0 aliphatic carbocycles. The Morgan fingerprint density at radius 3 is 2.42 bits per heavy atom. The van der Waals surface area contributed by atoms with Crippen LogP contribution in [0.5, 0.6) is 5.75 Å². The maximum atomic E-state index is 13.0.